The summed E-state index contributed by atoms with van der Waals surface area (Å²) < 4.78 is 0. The number of carboxylic acid groups (broad SMARTS) is 1. The van der Waals surface area contributed by atoms with Gasteiger partial charge in [0, 0.05) is 18.4 Å². The first-order valence-corrected chi connectivity index (χ1v) is 5.57. The van der Waals surface area contributed by atoms with E-state index in [9.17, 15) is 9.59 Å². The Morgan fingerprint density at radius 3 is 2.82 bits per heavy atom. The lowest BCUT2D eigenvalue weighted by Gasteiger charge is -2.26. The lowest BCUT2D eigenvalue weighted by molar-refractivity contribution is -0.138. The van der Waals surface area contributed by atoms with Gasteiger partial charge in [-0.05, 0) is 12.5 Å². The molecule has 1 aliphatic heterocycles. The molecule has 1 amide bonds. The van der Waals surface area contributed by atoms with Gasteiger partial charge in [0.15, 0.2) is 0 Å². The van der Waals surface area contributed by atoms with Gasteiger partial charge < -0.3 is 10.4 Å². The first-order valence-electron chi connectivity index (χ1n) is 5.57. The van der Waals surface area contributed by atoms with Gasteiger partial charge >= 0.3 is 5.97 Å². The largest absolute Gasteiger partial charge is 0.481 e. The minimum Gasteiger partial charge on any atom is -0.481 e. The molecule has 1 aromatic carbocycles. The molecule has 1 fully saturated rings. The van der Waals surface area contributed by atoms with Crippen LogP contribution in [0.3, 0.4) is 0 Å². The summed E-state index contributed by atoms with van der Waals surface area (Å²) in [4.78, 5) is 22.4. The van der Waals surface area contributed by atoms with Gasteiger partial charge in [0.25, 0.3) is 0 Å². The summed E-state index contributed by atoms with van der Waals surface area (Å²) in [5.74, 6) is -0.948. The van der Waals surface area contributed by atoms with Crippen molar-refractivity contribution in [2.24, 2.45) is 0 Å². The fourth-order valence-electron chi connectivity index (χ4n) is 2.40. The molecule has 0 bridgehead atoms. The van der Waals surface area contributed by atoms with Gasteiger partial charge in [0.1, 0.15) is 0 Å². The molecule has 0 aliphatic carbocycles. The Kier molecular flexibility index (Phi) is 2.88. The number of amides is 1. The Morgan fingerprint density at radius 2 is 2.29 bits per heavy atom. The van der Waals surface area contributed by atoms with Crippen molar-refractivity contribution in [3.63, 3.8) is 0 Å². The van der Waals surface area contributed by atoms with Crippen molar-refractivity contribution in [3.8, 4) is 0 Å². The Morgan fingerprint density at radius 1 is 1.53 bits per heavy atom. The van der Waals surface area contributed by atoms with Crippen LogP contribution in [0.1, 0.15) is 24.0 Å². The summed E-state index contributed by atoms with van der Waals surface area (Å²) >= 11 is 0. The van der Waals surface area contributed by atoms with E-state index in [1.165, 1.54) is 0 Å². The SMILES string of the molecule is Cc1cccc(C2(CC(=O)O)CNC(=O)C2)c1. The average molecular weight is 233 g/mol. The third-order valence-corrected chi connectivity index (χ3v) is 3.24. The quantitative estimate of drug-likeness (QED) is 0.825. The number of carbonyl (C=O) groups excluding carboxylic acids is 1. The highest BCUT2D eigenvalue weighted by Gasteiger charge is 2.41. The van der Waals surface area contributed by atoms with Gasteiger partial charge in [-0.3, -0.25) is 9.59 Å². The summed E-state index contributed by atoms with van der Waals surface area (Å²) in [6.07, 6.45) is 0.234. The predicted octanol–water partition coefficient (Wildman–Crippen LogP) is 1.23. The molecule has 2 N–H and O–H groups in total. The second kappa shape index (κ2) is 4.20. The number of hydrogen-bond donors (Lipinski definition) is 2. The third-order valence-electron chi connectivity index (χ3n) is 3.24. The van der Waals surface area contributed by atoms with Gasteiger partial charge in [-0.2, -0.15) is 0 Å². The molecule has 2 rings (SSSR count). The highest BCUT2D eigenvalue weighted by molar-refractivity contribution is 5.83. The van der Waals surface area contributed by atoms with E-state index in [1.807, 2.05) is 31.2 Å². The molecule has 0 aromatic heterocycles. The van der Waals surface area contributed by atoms with E-state index in [1.54, 1.807) is 0 Å². The maximum atomic E-state index is 11.4. The first kappa shape index (κ1) is 11.6. The summed E-state index contributed by atoms with van der Waals surface area (Å²) in [6.45, 7) is 2.36. The summed E-state index contributed by atoms with van der Waals surface area (Å²) in [5.41, 5.74) is 1.42. The van der Waals surface area contributed by atoms with Crippen LogP contribution in [-0.4, -0.2) is 23.5 Å². The van der Waals surface area contributed by atoms with Crippen LogP contribution in [0, 0.1) is 6.92 Å². The van der Waals surface area contributed by atoms with Crippen molar-refractivity contribution >= 4 is 11.9 Å². The zero-order valence-electron chi connectivity index (χ0n) is 9.69. The number of carbonyl (C=O) groups is 2. The maximum absolute atomic E-state index is 11.4. The number of nitrogens with one attached hydrogen (secondary N) is 1. The van der Waals surface area contributed by atoms with Crippen molar-refractivity contribution in [2.75, 3.05) is 6.54 Å². The number of rotatable bonds is 3. The predicted molar refractivity (Wildman–Crippen MR) is 62.7 cm³/mol. The van der Waals surface area contributed by atoms with Gasteiger partial charge in [0.2, 0.25) is 5.91 Å². The molecule has 1 aromatic rings. The molecule has 0 saturated carbocycles. The number of aliphatic carboxylic acids is 1. The number of aryl methyl sites for hydroxylation is 1. The molecule has 1 heterocycles. The molecule has 1 atom stereocenters. The first-order chi connectivity index (χ1) is 8.02. The molecule has 0 radical (unpaired) electrons. The zero-order valence-corrected chi connectivity index (χ0v) is 9.69. The van der Waals surface area contributed by atoms with Crippen LogP contribution in [0.2, 0.25) is 0 Å². The number of carboxylic acids is 1. The molecule has 1 aliphatic rings. The minimum atomic E-state index is -0.872. The monoisotopic (exact) mass is 233 g/mol. The van der Waals surface area contributed by atoms with Crippen molar-refractivity contribution in [1.29, 1.82) is 0 Å². The summed E-state index contributed by atoms with van der Waals surface area (Å²) in [5, 5.41) is 11.7. The smallest absolute Gasteiger partial charge is 0.304 e. The Balaban J connectivity index is 2.40. The molecule has 1 saturated heterocycles. The average Bonchev–Trinajstić information content (AvgIpc) is 2.60. The van der Waals surface area contributed by atoms with E-state index in [0.717, 1.165) is 11.1 Å². The lowest BCUT2D eigenvalue weighted by Crippen LogP contribution is -2.31. The third kappa shape index (κ3) is 2.30. The van der Waals surface area contributed by atoms with Crippen LogP contribution in [-0.2, 0) is 15.0 Å². The van der Waals surface area contributed by atoms with Crippen LogP contribution in [0.5, 0.6) is 0 Å². The Hall–Kier alpha value is -1.84. The van der Waals surface area contributed by atoms with Gasteiger partial charge in [-0.15, -0.1) is 0 Å². The van der Waals surface area contributed by atoms with E-state index in [0.29, 0.717) is 6.54 Å². The molecule has 4 heteroatoms. The van der Waals surface area contributed by atoms with E-state index in [-0.39, 0.29) is 18.7 Å². The Bertz CT molecular complexity index is 469. The highest BCUT2D eigenvalue weighted by atomic mass is 16.4. The zero-order chi connectivity index (χ0) is 12.5. The van der Waals surface area contributed by atoms with Gasteiger partial charge in [-0.1, -0.05) is 29.8 Å². The fourth-order valence-corrected chi connectivity index (χ4v) is 2.40. The van der Waals surface area contributed by atoms with Crippen molar-refractivity contribution in [3.05, 3.63) is 35.4 Å². The molecule has 1 unspecified atom stereocenters. The summed E-state index contributed by atoms with van der Waals surface area (Å²) in [7, 11) is 0. The molecule has 4 nitrogen and oxygen atoms in total. The standard InChI is InChI=1S/C13H15NO3/c1-9-3-2-4-10(5-9)13(7-12(16)17)6-11(15)14-8-13/h2-5H,6-8H2,1H3,(H,14,15)(H,16,17). The molecule has 90 valence electrons. The second-order valence-electron chi connectivity index (χ2n) is 4.67. The van der Waals surface area contributed by atoms with Crippen molar-refractivity contribution in [2.45, 2.75) is 25.2 Å². The molecular weight excluding hydrogens is 218 g/mol. The molecule has 0 spiro atoms. The van der Waals surface area contributed by atoms with Gasteiger partial charge in [-0.25, -0.2) is 0 Å². The molecular formula is C13H15NO3. The fraction of sp³-hybridized carbons (Fsp3) is 0.385. The minimum absolute atomic E-state index is 0.0187. The second-order valence-corrected chi connectivity index (χ2v) is 4.67. The molecule has 17 heavy (non-hydrogen) atoms. The number of hydrogen-bond acceptors (Lipinski definition) is 2. The van der Waals surface area contributed by atoms with Crippen LogP contribution in [0.25, 0.3) is 0 Å². The van der Waals surface area contributed by atoms with E-state index < -0.39 is 11.4 Å². The normalized spacial score (nSPS) is 23.5. The van der Waals surface area contributed by atoms with E-state index in [4.69, 9.17) is 5.11 Å². The lowest BCUT2D eigenvalue weighted by atomic mass is 9.76. The highest BCUT2D eigenvalue weighted by Crippen LogP contribution is 2.35. The van der Waals surface area contributed by atoms with Crippen LogP contribution < -0.4 is 5.32 Å². The topological polar surface area (TPSA) is 66.4 Å². The van der Waals surface area contributed by atoms with Crippen LogP contribution in [0.15, 0.2) is 24.3 Å². The van der Waals surface area contributed by atoms with Gasteiger partial charge in [0.05, 0.1) is 6.42 Å². The maximum Gasteiger partial charge on any atom is 0.304 e. The summed E-state index contributed by atoms with van der Waals surface area (Å²) in [6, 6.07) is 7.72. The van der Waals surface area contributed by atoms with Crippen molar-refractivity contribution in [1.82, 2.24) is 5.32 Å². The van der Waals surface area contributed by atoms with E-state index in [2.05, 4.69) is 5.32 Å². The van der Waals surface area contributed by atoms with Crippen molar-refractivity contribution < 1.29 is 14.7 Å². The van der Waals surface area contributed by atoms with Crippen LogP contribution >= 0.6 is 0 Å². The Labute approximate surface area is 99.6 Å². The van der Waals surface area contributed by atoms with Crippen LogP contribution in [0.4, 0.5) is 0 Å². The number of benzene rings is 1. The van der Waals surface area contributed by atoms with E-state index >= 15 is 0 Å².